The summed E-state index contributed by atoms with van der Waals surface area (Å²) in [6.07, 6.45) is 0. The lowest BCUT2D eigenvalue weighted by Crippen LogP contribution is -2.13. The fourth-order valence-electron chi connectivity index (χ4n) is 2.69. The van der Waals surface area contributed by atoms with Gasteiger partial charge in [0.25, 0.3) is 0 Å². The molecule has 0 spiro atoms. The number of esters is 1. The van der Waals surface area contributed by atoms with E-state index in [1.54, 1.807) is 25.1 Å². The molecule has 0 saturated carbocycles. The Labute approximate surface area is 144 Å². The molecule has 0 bridgehead atoms. The van der Waals surface area contributed by atoms with Gasteiger partial charge in [0.2, 0.25) is 0 Å². The van der Waals surface area contributed by atoms with Crippen molar-refractivity contribution in [1.82, 2.24) is 0 Å². The van der Waals surface area contributed by atoms with E-state index in [1.165, 1.54) is 5.56 Å². The maximum atomic E-state index is 12.3. The SMILES string of the molecule is Cc1cccc(C(=O)OCc2c(C)cc(C(C)(C)C)cc2C)c1O. The summed E-state index contributed by atoms with van der Waals surface area (Å²) in [7, 11) is 0. The van der Waals surface area contributed by atoms with Gasteiger partial charge in [0, 0.05) is 0 Å². The first kappa shape index (κ1) is 18.1. The first-order valence-corrected chi connectivity index (χ1v) is 8.17. The lowest BCUT2D eigenvalue weighted by atomic mass is 9.84. The number of carbonyl (C=O) groups excluding carboxylic acids is 1. The average Bonchev–Trinajstić information content (AvgIpc) is 2.47. The first-order valence-electron chi connectivity index (χ1n) is 8.17. The van der Waals surface area contributed by atoms with E-state index in [1.807, 2.05) is 13.8 Å². The Morgan fingerprint density at radius 1 is 1.04 bits per heavy atom. The molecule has 0 unspecified atom stereocenters. The maximum absolute atomic E-state index is 12.3. The number of aromatic hydroxyl groups is 1. The zero-order valence-corrected chi connectivity index (χ0v) is 15.4. The predicted octanol–water partition coefficient (Wildman–Crippen LogP) is 4.97. The molecule has 0 heterocycles. The minimum Gasteiger partial charge on any atom is -0.507 e. The number of phenols is 1. The number of rotatable bonds is 3. The molecule has 0 aliphatic heterocycles. The standard InChI is InChI=1S/C21H26O3/c1-13-8-7-9-17(19(13)22)20(23)24-12-18-14(2)10-16(11-15(18)3)21(4,5)6/h7-11,22H,12H2,1-6H3. The second-order valence-electron chi connectivity index (χ2n) is 7.39. The Hall–Kier alpha value is -2.29. The van der Waals surface area contributed by atoms with Gasteiger partial charge in [-0.05, 0) is 60.1 Å². The van der Waals surface area contributed by atoms with Crippen molar-refractivity contribution >= 4 is 5.97 Å². The molecule has 24 heavy (non-hydrogen) atoms. The summed E-state index contributed by atoms with van der Waals surface area (Å²) in [6.45, 7) is 12.6. The zero-order chi connectivity index (χ0) is 18.1. The van der Waals surface area contributed by atoms with Crippen LogP contribution in [0.1, 0.15) is 58.9 Å². The molecule has 2 aromatic carbocycles. The molecule has 2 aromatic rings. The van der Waals surface area contributed by atoms with Crippen LogP contribution in [0.15, 0.2) is 30.3 Å². The Morgan fingerprint density at radius 3 is 2.17 bits per heavy atom. The number of aryl methyl sites for hydroxylation is 3. The highest BCUT2D eigenvalue weighted by molar-refractivity contribution is 5.92. The number of hydrogen-bond donors (Lipinski definition) is 1. The summed E-state index contributed by atoms with van der Waals surface area (Å²) in [5.41, 5.74) is 5.45. The fourth-order valence-corrected chi connectivity index (χ4v) is 2.69. The summed E-state index contributed by atoms with van der Waals surface area (Å²) in [5, 5.41) is 10.00. The number of carbonyl (C=O) groups is 1. The van der Waals surface area contributed by atoms with Crippen LogP contribution >= 0.6 is 0 Å². The van der Waals surface area contributed by atoms with Crippen LogP contribution in [0.5, 0.6) is 5.75 Å². The van der Waals surface area contributed by atoms with Crippen LogP contribution in [0.4, 0.5) is 0 Å². The van der Waals surface area contributed by atoms with Crippen LogP contribution in [0.2, 0.25) is 0 Å². The van der Waals surface area contributed by atoms with Gasteiger partial charge in [-0.3, -0.25) is 0 Å². The van der Waals surface area contributed by atoms with Crippen LogP contribution in [-0.4, -0.2) is 11.1 Å². The van der Waals surface area contributed by atoms with Gasteiger partial charge >= 0.3 is 5.97 Å². The lowest BCUT2D eigenvalue weighted by Gasteiger charge is -2.22. The van der Waals surface area contributed by atoms with E-state index in [2.05, 4.69) is 32.9 Å². The highest BCUT2D eigenvalue weighted by Gasteiger charge is 2.18. The summed E-state index contributed by atoms with van der Waals surface area (Å²) in [4.78, 5) is 12.3. The number of ether oxygens (including phenoxy) is 1. The molecule has 128 valence electrons. The first-order chi connectivity index (χ1) is 11.1. The topological polar surface area (TPSA) is 46.5 Å². The average molecular weight is 326 g/mol. The molecule has 0 saturated heterocycles. The molecule has 0 amide bonds. The molecule has 0 fully saturated rings. The largest absolute Gasteiger partial charge is 0.507 e. The molecule has 3 nitrogen and oxygen atoms in total. The van der Waals surface area contributed by atoms with Gasteiger partial charge in [0.05, 0.1) is 0 Å². The Bertz CT molecular complexity index is 744. The van der Waals surface area contributed by atoms with Crippen LogP contribution in [0.3, 0.4) is 0 Å². The third kappa shape index (κ3) is 3.78. The Morgan fingerprint density at radius 2 is 1.62 bits per heavy atom. The smallest absolute Gasteiger partial charge is 0.342 e. The third-order valence-corrected chi connectivity index (χ3v) is 4.37. The van der Waals surface area contributed by atoms with Gasteiger partial charge in [-0.1, -0.05) is 45.0 Å². The van der Waals surface area contributed by atoms with E-state index in [0.717, 1.165) is 16.7 Å². The quantitative estimate of drug-likeness (QED) is 0.810. The fraction of sp³-hybridized carbons (Fsp3) is 0.381. The Balaban J connectivity index is 2.20. The van der Waals surface area contributed by atoms with E-state index in [0.29, 0.717) is 5.56 Å². The molecule has 0 aliphatic rings. The Kier molecular flexibility index (Phi) is 5.02. The number of hydrogen-bond acceptors (Lipinski definition) is 3. The van der Waals surface area contributed by atoms with Crippen LogP contribution in [0, 0.1) is 20.8 Å². The zero-order valence-electron chi connectivity index (χ0n) is 15.4. The van der Waals surface area contributed by atoms with Crippen molar-refractivity contribution < 1.29 is 14.6 Å². The number of phenolic OH excluding ortho intramolecular Hbond substituents is 1. The molecule has 0 atom stereocenters. The van der Waals surface area contributed by atoms with E-state index in [-0.39, 0.29) is 23.3 Å². The van der Waals surface area contributed by atoms with Crippen LogP contribution < -0.4 is 0 Å². The third-order valence-electron chi connectivity index (χ3n) is 4.37. The molecule has 0 aromatic heterocycles. The molecular formula is C21H26O3. The minimum atomic E-state index is -0.505. The van der Waals surface area contributed by atoms with Crippen molar-refractivity contribution in [2.75, 3.05) is 0 Å². The molecule has 0 aliphatic carbocycles. The molecule has 3 heteroatoms. The summed E-state index contributed by atoms with van der Waals surface area (Å²) in [6, 6.07) is 9.37. The molecule has 1 N–H and O–H groups in total. The second-order valence-corrected chi connectivity index (χ2v) is 7.39. The lowest BCUT2D eigenvalue weighted by molar-refractivity contribution is 0.0468. The van der Waals surface area contributed by atoms with E-state index < -0.39 is 5.97 Å². The van der Waals surface area contributed by atoms with Gasteiger partial charge in [0.15, 0.2) is 0 Å². The predicted molar refractivity (Wildman–Crippen MR) is 96.6 cm³/mol. The van der Waals surface area contributed by atoms with Gasteiger partial charge in [-0.15, -0.1) is 0 Å². The number of benzene rings is 2. The highest BCUT2D eigenvalue weighted by atomic mass is 16.5. The molecule has 0 radical (unpaired) electrons. The van der Waals surface area contributed by atoms with Crippen molar-refractivity contribution in [2.45, 2.75) is 53.6 Å². The van der Waals surface area contributed by atoms with E-state index >= 15 is 0 Å². The maximum Gasteiger partial charge on any atom is 0.342 e. The summed E-state index contributed by atoms with van der Waals surface area (Å²) >= 11 is 0. The van der Waals surface area contributed by atoms with Crippen LogP contribution in [-0.2, 0) is 16.8 Å². The van der Waals surface area contributed by atoms with Crippen molar-refractivity contribution in [3.05, 3.63) is 63.7 Å². The minimum absolute atomic E-state index is 0.0148. The summed E-state index contributed by atoms with van der Waals surface area (Å²) < 4.78 is 5.44. The highest BCUT2D eigenvalue weighted by Crippen LogP contribution is 2.28. The molecular weight excluding hydrogens is 300 g/mol. The van der Waals surface area contributed by atoms with Gasteiger partial charge in [0.1, 0.15) is 17.9 Å². The van der Waals surface area contributed by atoms with Crippen LogP contribution in [0.25, 0.3) is 0 Å². The van der Waals surface area contributed by atoms with Gasteiger partial charge < -0.3 is 9.84 Å². The normalized spacial score (nSPS) is 11.4. The van der Waals surface area contributed by atoms with Crippen molar-refractivity contribution in [3.8, 4) is 5.75 Å². The van der Waals surface area contributed by atoms with Gasteiger partial charge in [-0.2, -0.15) is 0 Å². The van der Waals surface area contributed by atoms with E-state index in [9.17, 15) is 9.90 Å². The van der Waals surface area contributed by atoms with E-state index in [4.69, 9.17) is 4.74 Å². The van der Waals surface area contributed by atoms with Gasteiger partial charge in [-0.25, -0.2) is 4.79 Å². The van der Waals surface area contributed by atoms with Crippen molar-refractivity contribution in [1.29, 1.82) is 0 Å². The second kappa shape index (κ2) is 6.68. The number of para-hydroxylation sites is 1. The van der Waals surface area contributed by atoms with Crippen molar-refractivity contribution in [3.63, 3.8) is 0 Å². The monoisotopic (exact) mass is 326 g/mol. The van der Waals surface area contributed by atoms with Crippen molar-refractivity contribution in [2.24, 2.45) is 0 Å². The summed E-state index contributed by atoms with van der Waals surface area (Å²) in [5.74, 6) is -0.520. The molecule has 2 rings (SSSR count).